The second-order valence-electron chi connectivity index (χ2n) is 4.63. The van der Waals surface area contributed by atoms with E-state index in [0.29, 0.717) is 16.9 Å². The van der Waals surface area contributed by atoms with Crippen molar-refractivity contribution in [3.05, 3.63) is 64.5 Å². The molecule has 0 aromatic heterocycles. The van der Waals surface area contributed by atoms with E-state index in [1.165, 1.54) is 12.1 Å². The van der Waals surface area contributed by atoms with Gasteiger partial charge in [0, 0.05) is 0 Å². The molecule has 19 heavy (non-hydrogen) atoms. The van der Waals surface area contributed by atoms with Gasteiger partial charge in [0.1, 0.15) is 17.7 Å². The molecule has 2 rings (SSSR count). The maximum Gasteiger partial charge on any atom is 0.123 e. The van der Waals surface area contributed by atoms with Crippen LogP contribution in [0.4, 0.5) is 4.39 Å². The summed E-state index contributed by atoms with van der Waals surface area (Å²) in [5.74, 6) is 0.365. The normalized spacial score (nSPS) is 12.3. The van der Waals surface area contributed by atoms with Gasteiger partial charge in [-0.1, -0.05) is 18.2 Å². The molecule has 0 radical (unpaired) electrons. The highest BCUT2D eigenvalue weighted by Gasteiger charge is 2.15. The Labute approximate surface area is 112 Å². The number of hydrogen-bond donors (Lipinski definition) is 1. The fraction of sp³-hybridized carbons (Fsp3) is 0.250. The Kier molecular flexibility index (Phi) is 3.86. The molecular formula is C16H17FO2. The number of rotatable bonds is 3. The Balaban J connectivity index is 2.43. The van der Waals surface area contributed by atoms with Gasteiger partial charge in [-0.3, -0.25) is 0 Å². The molecule has 2 nitrogen and oxygen atoms in total. The SMILES string of the molecule is COc1cc(C(O)c2cc(F)ccc2C)ccc1C. The maximum atomic E-state index is 13.3. The summed E-state index contributed by atoms with van der Waals surface area (Å²) in [6.07, 6.45) is -0.856. The summed E-state index contributed by atoms with van der Waals surface area (Å²) < 4.78 is 18.5. The van der Waals surface area contributed by atoms with E-state index in [0.717, 1.165) is 11.1 Å². The zero-order valence-corrected chi connectivity index (χ0v) is 11.3. The molecule has 100 valence electrons. The van der Waals surface area contributed by atoms with Crippen LogP contribution in [-0.4, -0.2) is 12.2 Å². The van der Waals surface area contributed by atoms with Gasteiger partial charge in [-0.2, -0.15) is 0 Å². The standard InChI is InChI=1S/C16H17FO2/c1-10-5-7-13(17)9-14(10)16(18)12-6-4-11(2)15(8-12)19-3/h4-9,16,18H,1-3H3. The van der Waals surface area contributed by atoms with E-state index >= 15 is 0 Å². The zero-order valence-electron chi connectivity index (χ0n) is 11.3. The number of hydrogen-bond acceptors (Lipinski definition) is 2. The fourth-order valence-electron chi connectivity index (χ4n) is 2.09. The highest BCUT2D eigenvalue weighted by Crippen LogP contribution is 2.29. The average Bonchev–Trinajstić information content (AvgIpc) is 2.41. The van der Waals surface area contributed by atoms with Gasteiger partial charge in [-0.15, -0.1) is 0 Å². The summed E-state index contributed by atoms with van der Waals surface area (Å²) in [5.41, 5.74) is 3.12. The van der Waals surface area contributed by atoms with Crippen LogP contribution >= 0.6 is 0 Å². The third-order valence-electron chi connectivity index (χ3n) is 3.28. The van der Waals surface area contributed by atoms with Crippen LogP contribution in [0.3, 0.4) is 0 Å². The van der Waals surface area contributed by atoms with Crippen LogP contribution in [0, 0.1) is 19.7 Å². The lowest BCUT2D eigenvalue weighted by molar-refractivity contribution is 0.218. The number of methoxy groups -OCH3 is 1. The maximum absolute atomic E-state index is 13.3. The first-order valence-electron chi connectivity index (χ1n) is 6.11. The minimum absolute atomic E-state index is 0.348. The summed E-state index contributed by atoms with van der Waals surface area (Å²) in [6.45, 7) is 3.78. The Bertz CT molecular complexity index is 593. The van der Waals surface area contributed by atoms with Crippen molar-refractivity contribution in [2.45, 2.75) is 20.0 Å². The summed E-state index contributed by atoms with van der Waals surface area (Å²) in [4.78, 5) is 0. The van der Waals surface area contributed by atoms with Crippen molar-refractivity contribution in [2.24, 2.45) is 0 Å². The molecule has 0 amide bonds. The first-order chi connectivity index (χ1) is 9.02. The van der Waals surface area contributed by atoms with E-state index in [4.69, 9.17) is 4.74 Å². The Morgan fingerprint density at radius 3 is 2.42 bits per heavy atom. The lowest BCUT2D eigenvalue weighted by Crippen LogP contribution is -2.03. The quantitative estimate of drug-likeness (QED) is 0.914. The second kappa shape index (κ2) is 5.41. The van der Waals surface area contributed by atoms with Crippen LogP contribution in [0.1, 0.15) is 28.4 Å². The minimum Gasteiger partial charge on any atom is -0.496 e. The van der Waals surface area contributed by atoms with Gasteiger partial charge in [-0.05, 0) is 54.3 Å². The molecule has 2 aromatic carbocycles. The van der Waals surface area contributed by atoms with Gasteiger partial charge in [-0.25, -0.2) is 4.39 Å². The van der Waals surface area contributed by atoms with Crippen LogP contribution in [0.5, 0.6) is 5.75 Å². The molecule has 0 heterocycles. The largest absolute Gasteiger partial charge is 0.496 e. The lowest BCUT2D eigenvalue weighted by atomic mass is 9.96. The van der Waals surface area contributed by atoms with Crippen molar-refractivity contribution in [1.82, 2.24) is 0 Å². The number of aryl methyl sites for hydroxylation is 2. The van der Waals surface area contributed by atoms with E-state index in [1.54, 1.807) is 19.2 Å². The summed E-state index contributed by atoms with van der Waals surface area (Å²) >= 11 is 0. The smallest absolute Gasteiger partial charge is 0.123 e. The molecule has 1 atom stereocenters. The van der Waals surface area contributed by atoms with Gasteiger partial charge >= 0.3 is 0 Å². The average molecular weight is 260 g/mol. The summed E-state index contributed by atoms with van der Waals surface area (Å²) in [5, 5.41) is 10.4. The van der Waals surface area contributed by atoms with Crippen LogP contribution < -0.4 is 4.74 Å². The molecule has 0 aliphatic rings. The third-order valence-corrected chi connectivity index (χ3v) is 3.28. The highest BCUT2D eigenvalue weighted by molar-refractivity contribution is 5.42. The van der Waals surface area contributed by atoms with E-state index in [1.807, 2.05) is 26.0 Å². The molecule has 0 aliphatic carbocycles. The van der Waals surface area contributed by atoms with Crippen LogP contribution in [0.2, 0.25) is 0 Å². The number of benzene rings is 2. The molecule has 0 aliphatic heterocycles. The van der Waals surface area contributed by atoms with Crippen LogP contribution in [0.15, 0.2) is 36.4 Å². The second-order valence-corrected chi connectivity index (χ2v) is 4.63. The summed E-state index contributed by atoms with van der Waals surface area (Å²) in [7, 11) is 1.59. The number of aliphatic hydroxyl groups excluding tert-OH is 1. The number of halogens is 1. The predicted octanol–water partition coefficient (Wildman–Crippen LogP) is 3.53. The van der Waals surface area contributed by atoms with Crippen molar-refractivity contribution in [1.29, 1.82) is 0 Å². The first kappa shape index (κ1) is 13.6. The third kappa shape index (κ3) is 2.76. The molecule has 0 fully saturated rings. The molecule has 0 saturated heterocycles. The van der Waals surface area contributed by atoms with Crippen LogP contribution in [0.25, 0.3) is 0 Å². The highest BCUT2D eigenvalue weighted by atomic mass is 19.1. The Morgan fingerprint density at radius 2 is 1.74 bits per heavy atom. The monoisotopic (exact) mass is 260 g/mol. The molecular weight excluding hydrogens is 243 g/mol. The van der Waals surface area contributed by atoms with Gasteiger partial charge in [0.15, 0.2) is 0 Å². The fourth-order valence-corrected chi connectivity index (χ4v) is 2.09. The molecule has 0 spiro atoms. The molecule has 0 bridgehead atoms. The molecule has 3 heteroatoms. The van der Waals surface area contributed by atoms with Crippen molar-refractivity contribution in [3.63, 3.8) is 0 Å². The topological polar surface area (TPSA) is 29.5 Å². The van der Waals surface area contributed by atoms with Crippen molar-refractivity contribution >= 4 is 0 Å². The molecule has 2 aromatic rings. The molecule has 1 N–H and O–H groups in total. The van der Waals surface area contributed by atoms with Crippen molar-refractivity contribution in [2.75, 3.05) is 7.11 Å². The zero-order chi connectivity index (χ0) is 14.0. The first-order valence-corrected chi connectivity index (χ1v) is 6.11. The summed E-state index contributed by atoms with van der Waals surface area (Å²) in [6, 6.07) is 9.91. The van der Waals surface area contributed by atoms with Crippen LogP contribution in [-0.2, 0) is 0 Å². The van der Waals surface area contributed by atoms with Gasteiger partial charge in [0.2, 0.25) is 0 Å². The number of aliphatic hydroxyl groups is 1. The van der Waals surface area contributed by atoms with E-state index < -0.39 is 6.10 Å². The Morgan fingerprint density at radius 1 is 1.05 bits per heavy atom. The minimum atomic E-state index is -0.856. The Hall–Kier alpha value is -1.87. The molecule has 0 saturated carbocycles. The van der Waals surface area contributed by atoms with Gasteiger partial charge in [0.05, 0.1) is 7.11 Å². The van der Waals surface area contributed by atoms with Gasteiger partial charge in [0.25, 0.3) is 0 Å². The van der Waals surface area contributed by atoms with Crippen molar-refractivity contribution < 1.29 is 14.2 Å². The van der Waals surface area contributed by atoms with E-state index in [9.17, 15) is 9.50 Å². The molecule has 1 unspecified atom stereocenters. The van der Waals surface area contributed by atoms with E-state index in [-0.39, 0.29) is 5.82 Å². The van der Waals surface area contributed by atoms with Crippen molar-refractivity contribution in [3.8, 4) is 5.75 Å². The number of ether oxygens (including phenoxy) is 1. The van der Waals surface area contributed by atoms with Gasteiger partial charge < -0.3 is 9.84 Å². The lowest BCUT2D eigenvalue weighted by Gasteiger charge is -2.16. The predicted molar refractivity (Wildman–Crippen MR) is 72.9 cm³/mol. The van der Waals surface area contributed by atoms with E-state index in [2.05, 4.69) is 0 Å².